The highest BCUT2D eigenvalue weighted by molar-refractivity contribution is 6.01. The van der Waals surface area contributed by atoms with Gasteiger partial charge >= 0.3 is 12.4 Å². The van der Waals surface area contributed by atoms with Crippen molar-refractivity contribution in [2.24, 2.45) is 47.3 Å². The van der Waals surface area contributed by atoms with Crippen LogP contribution < -0.4 is 16.0 Å². The minimum Gasteiger partial charge on any atom is -0.378 e. The average molecular weight is 1600 g/mol. The molecule has 12 atom stereocenters. The van der Waals surface area contributed by atoms with Crippen molar-refractivity contribution in [1.82, 2.24) is 60.0 Å². The fourth-order valence-electron chi connectivity index (χ4n) is 17.9. The molecule has 26 nitrogen and oxygen atoms in total. The Kier molecular flexibility index (Phi) is 31.6. The minimum atomic E-state index is -5.22. The molecule has 112 heavy (non-hydrogen) atoms. The van der Waals surface area contributed by atoms with Crippen LogP contribution in [0.15, 0.2) is 0 Å². The summed E-state index contributed by atoms with van der Waals surface area (Å²) in [7, 11) is 8.11. The highest BCUT2D eigenvalue weighted by Gasteiger charge is 2.56. The summed E-state index contributed by atoms with van der Waals surface area (Å²) in [6, 6.07) is -11.3. The van der Waals surface area contributed by atoms with Gasteiger partial charge in [-0.15, -0.1) is 0 Å². The summed E-state index contributed by atoms with van der Waals surface area (Å²) >= 11 is 0. The van der Waals surface area contributed by atoms with Gasteiger partial charge < -0.3 is 69.5 Å². The van der Waals surface area contributed by atoms with Gasteiger partial charge in [0, 0.05) is 81.5 Å². The van der Waals surface area contributed by atoms with Crippen LogP contribution in [0, 0.1) is 47.3 Å². The van der Waals surface area contributed by atoms with Gasteiger partial charge in [-0.25, -0.2) is 8.78 Å². The number of ether oxygens (including phenoxy) is 2. The zero-order valence-corrected chi connectivity index (χ0v) is 67.4. The zero-order chi connectivity index (χ0) is 82.8. The average Bonchev–Trinajstić information content (AvgIpc) is 1.11. The molecule has 0 aromatic heterocycles. The van der Waals surface area contributed by atoms with E-state index in [1.807, 2.05) is 27.7 Å². The van der Waals surface area contributed by atoms with E-state index in [0.29, 0.717) is 44.9 Å². The Labute approximate surface area is 653 Å². The molecule has 2 bridgehead atoms. The van der Waals surface area contributed by atoms with Crippen LogP contribution in [-0.4, -0.2) is 301 Å². The number of nitrogens with zero attached hydrogens (tertiary/aromatic N) is 9. The van der Waals surface area contributed by atoms with Crippen LogP contribution in [0.1, 0.15) is 189 Å². The third kappa shape index (κ3) is 22.1. The first kappa shape index (κ1) is 90.5. The molecule has 4 saturated carbocycles. The molecule has 2 unspecified atom stereocenters. The standard InChI is InChI=1S/C78H122F8N12O14/c1-13-47(6)65-73(108)91(8)43-63(101)92(9)56-21-16-17-30-97(72(56)107)60(38-48-22-25-51(26-23-48)77(81,82)83)70(105)90(7)42-61(99)87-55(27-24-49-36-53(79)64(54(80)37-49)78(84,85)86)69(104)98-41-52(112-44-46(4)5)39-58(98)68(103)89-76(28-18-29-76)75(110)95(12)66(50-19-14-15-20-50)74(109)94(11)59(71(106)96-31-33-111-34-32-96)40-62(100)93(10)57(35-45(2)3)67(102)88-65/h45-60,64-66H,13-44H2,1-12H3,(H,87,99)(H,88,102)(H,89,103)/t47-,48?,49?,51?,52+,53?,54?,55-,56-,57-,58-,59-,60-,64?,65-,66-/m0/s1. The van der Waals surface area contributed by atoms with Gasteiger partial charge in [-0.2, -0.15) is 26.3 Å². The summed E-state index contributed by atoms with van der Waals surface area (Å²) in [6.07, 6.45) is -15.9. The molecule has 634 valence electrons. The van der Waals surface area contributed by atoms with Gasteiger partial charge in [0.15, 0.2) is 0 Å². The highest BCUT2D eigenvalue weighted by Crippen LogP contribution is 2.46. The number of carbonyl (C=O) groups is 12. The molecule has 8 aliphatic rings. The molecule has 4 aliphatic heterocycles. The molecule has 4 aliphatic carbocycles. The van der Waals surface area contributed by atoms with E-state index >= 15 is 51.9 Å². The van der Waals surface area contributed by atoms with Gasteiger partial charge in [-0.3, -0.25) is 57.5 Å². The number of morpholine rings is 1. The number of fused-ring (bicyclic) bond motifs is 3. The third-order valence-corrected chi connectivity index (χ3v) is 25.1. The number of hydrogen-bond acceptors (Lipinski definition) is 14. The molecule has 8 rings (SSSR count). The second-order valence-corrected chi connectivity index (χ2v) is 34.1. The van der Waals surface area contributed by atoms with Crippen LogP contribution in [-0.2, 0) is 67.0 Å². The Hall–Kier alpha value is -7.00. The number of nitrogens with one attached hydrogen (secondary N) is 3. The van der Waals surface area contributed by atoms with Crippen LogP contribution in [0.4, 0.5) is 35.1 Å². The third-order valence-electron chi connectivity index (χ3n) is 25.1. The van der Waals surface area contributed by atoms with Gasteiger partial charge in [0.05, 0.1) is 44.7 Å². The SMILES string of the molecule is CC[C@H](C)[C@@H]1NC(=O)[C@H](CC(C)C)N(C)C(=O)C[C@@H](C(=O)N2CCOCC2)N(C)C(=O)[C@H](C2CCCC2)N(C)C(=O)C2(CCC2)NC(=O)[C@@H]2C[C@@H](OCC(C)C)CN2C(=O)[C@H](CCC2CC(F)C(C(F)(F)F)C(F)C2)NC(=O)CN(C)C(=O)[C@H](CC2CCC(C(F)(F)F)CC2)N2CCCC[C@@H](C2=O)N(C)C(=O)CN(C)C1=O. The lowest BCUT2D eigenvalue weighted by Crippen LogP contribution is -2.68. The smallest absolute Gasteiger partial charge is 0.378 e. The molecule has 4 saturated heterocycles. The first-order valence-electron chi connectivity index (χ1n) is 40.6. The molecule has 3 N–H and O–H groups in total. The largest absolute Gasteiger partial charge is 0.397 e. The maximum absolute atomic E-state index is 15.8. The van der Waals surface area contributed by atoms with E-state index in [9.17, 15) is 40.7 Å². The second-order valence-electron chi connectivity index (χ2n) is 34.1. The van der Waals surface area contributed by atoms with E-state index in [1.165, 1.54) is 66.8 Å². The Bertz CT molecular complexity index is 3300. The predicted octanol–water partition coefficient (Wildman–Crippen LogP) is 6.59. The molecule has 34 heteroatoms. The molecule has 0 aromatic carbocycles. The maximum atomic E-state index is 15.8. The molecular formula is C78H122F8N12O14. The fraction of sp³-hybridized carbons (Fsp3) is 0.846. The summed E-state index contributed by atoms with van der Waals surface area (Å²) in [4.78, 5) is 194. The molecule has 8 fully saturated rings. The minimum absolute atomic E-state index is 0.00682. The van der Waals surface area contributed by atoms with Crippen molar-refractivity contribution < 1.29 is 102 Å². The zero-order valence-electron chi connectivity index (χ0n) is 67.4. The number of amides is 12. The van der Waals surface area contributed by atoms with Crippen LogP contribution >= 0.6 is 0 Å². The van der Waals surface area contributed by atoms with E-state index in [2.05, 4.69) is 16.0 Å². The van der Waals surface area contributed by atoms with Crippen molar-refractivity contribution in [2.45, 2.75) is 274 Å². The quantitative estimate of drug-likeness (QED) is 0.155. The van der Waals surface area contributed by atoms with E-state index in [1.54, 1.807) is 13.8 Å². The Balaban J connectivity index is 1.21. The van der Waals surface area contributed by atoms with Crippen molar-refractivity contribution >= 4 is 70.9 Å². The van der Waals surface area contributed by atoms with Crippen LogP contribution in [0.3, 0.4) is 0 Å². The number of carbonyl (C=O) groups excluding carboxylic acids is 12. The van der Waals surface area contributed by atoms with Crippen LogP contribution in [0.5, 0.6) is 0 Å². The van der Waals surface area contributed by atoms with E-state index in [-0.39, 0.29) is 135 Å². The summed E-state index contributed by atoms with van der Waals surface area (Å²) in [5.41, 5.74) is -1.70. The van der Waals surface area contributed by atoms with Gasteiger partial charge in [-0.1, -0.05) is 60.8 Å². The molecule has 1 spiro atoms. The summed E-state index contributed by atoms with van der Waals surface area (Å²) < 4.78 is 127. The van der Waals surface area contributed by atoms with Crippen LogP contribution in [0.2, 0.25) is 0 Å². The first-order chi connectivity index (χ1) is 52.6. The molecule has 0 radical (unpaired) electrons. The number of halogens is 8. The Morgan fingerprint density at radius 1 is 0.589 bits per heavy atom. The molecule has 0 aromatic rings. The van der Waals surface area contributed by atoms with Crippen molar-refractivity contribution in [3.8, 4) is 0 Å². The fourth-order valence-corrected chi connectivity index (χ4v) is 17.9. The molecule has 4 heterocycles. The predicted molar refractivity (Wildman–Crippen MR) is 394 cm³/mol. The summed E-state index contributed by atoms with van der Waals surface area (Å²) in [5.74, 6) is -16.9. The number of alkyl halides is 8. The molecular weight excluding hydrogens is 1480 g/mol. The van der Waals surface area contributed by atoms with Crippen molar-refractivity contribution in [3.05, 3.63) is 0 Å². The second kappa shape index (κ2) is 39.1. The lowest BCUT2D eigenvalue weighted by Gasteiger charge is -2.47. The number of likely N-dealkylation sites (N-methyl/N-ethyl adjacent to an activating group) is 6. The Morgan fingerprint density at radius 3 is 1.78 bits per heavy atom. The van der Waals surface area contributed by atoms with Gasteiger partial charge in [0.1, 0.15) is 72.1 Å². The van der Waals surface area contributed by atoms with Gasteiger partial charge in [0.25, 0.3) is 0 Å². The van der Waals surface area contributed by atoms with E-state index in [4.69, 9.17) is 9.47 Å². The molecule has 12 amide bonds. The van der Waals surface area contributed by atoms with Crippen molar-refractivity contribution in [2.75, 3.05) is 101 Å². The monoisotopic (exact) mass is 1600 g/mol. The van der Waals surface area contributed by atoms with Gasteiger partial charge in [0.2, 0.25) is 70.9 Å². The highest BCUT2D eigenvalue weighted by atomic mass is 19.4. The first-order valence-corrected chi connectivity index (χ1v) is 40.6. The normalized spacial score (nSPS) is 31.9. The topological polar surface area (TPSA) is 289 Å². The van der Waals surface area contributed by atoms with Crippen molar-refractivity contribution in [1.29, 1.82) is 0 Å². The van der Waals surface area contributed by atoms with E-state index < -0.39 is 230 Å². The Morgan fingerprint density at radius 2 is 1.21 bits per heavy atom. The lowest BCUT2D eigenvalue weighted by molar-refractivity contribution is -0.219. The number of rotatable bonds is 14. The van der Waals surface area contributed by atoms with Crippen molar-refractivity contribution in [3.63, 3.8) is 0 Å². The van der Waals surface area contributed by atoms with Crippen LogP contribution in [0.25, 0.3) is 0 Å². The maximum Gasteiger partial charge on any atom is 0.397 e. The van der Waals surface area contributed by atoms with E-state index in [0.717, 1.165) is 19.6 Å². The van der Waals surface area contributed by atoms with Gasteiger partial charge in [-0.05, 0) is 151 Å². The summed E-state index contributed by atoms with van der Waals surface area (Å²) in [6.45, 7) is 9.64. The number of hydrogen-bond donors (Lipinski definition) is 3. The summed E-state index contributed by atoms with van der Waals surface area (Å²) in [5, 5.41) is 8.49. The lowest BCUT2D eigenvalue weighted by atomic mass is 9.74.